The summed E-state index contributed by atoms with van der Waals surface area (Å²) in [5.41, 5.74) is 3.19. The van der Waals surface area contributed by atoms with Gasteiger partial charge < -0.3 is 4.74 Å². The lowest BCUT2D eigenvalue weighted by Gasteiger charge is -2.03. The van der Waals surface area contributed by atoms with Gasteiger partial charge in [-0.15, -0.1) is 0 Å². The highest BCUT2D eigenvalue weighted by Crippen LogP contribution is 2.31. The van der Waals surface area contributed by atoms with Crippen molar-refractivity contribution in [2.75, 3.05) is 0 Å². The van der Waals surface area contributed by atoms with Crippen LogP contribution in [0.5, 0.6) is 0 Å². The number of benzene rings is 2. The molecule has 96 valence electrons. The van der Waals surface area contributed by atoms with Crippen LogP contribution in [0.2, 0.25) is 0 Å². The number of ether oxygens (including phenoxy) is 1. The lowest BCUT2D eigenvalue weighted by atomic mass is 10.0. The number of carbonyl (C=O) groups is 1. The zero-order valence-electron chi connectivity index (χ0n) is 10.7. The Kier molecular flexibility index (Phi) is 3.06. The van der Waals surface area contributed by atoms with Gasteiger partial charge in [0.1, 0.15) is 5.76 Å². The third-order valence-corrected chi connectivity index (χ3v) is 3.23. The molecule has 0 atom stereocenters. The van der Waals surface area contributed by atoms with E-state index in [-0.39, 0.29) is 5.97 Å². The molecule has 0 bridgehead atoms. The minimum absolute atomic E-state index is 0.329. The van der Waals surface area contributed by atoms with Crippen LogP contribution in [-0.4, -0.2) is 5.97 Å². The second-order valence-electron chi connectivity index (χ2n) is 4.48. The van der Waals surface area contributed by atoms with E-state index in [1.54, 1.807) is 6.07 Å². The van der Waals surface area contributed by atoms with E-state index in [0.29, 0.717) is 17.7 Å². The van der Waals surface area contributed by atoms with Gasteiger partial charge in [0.2, 0.25) is 0 Å². The number of hydrogen-bond donors (Lipinski definition) is 0. The second-order valence-corrected chi connectivity index (χ2v) is 4.48. The van der Waals surface area contributed by atoms with Crippen LogP contribution in [0, 0.1) is 11.3 Å². The Morgan fingerprint density at radius 3 is 2.55 bits per heavy atom. The van der Waals surface area contributed by atoms with E-state index in [9.17, 15) is 4.79 Å². The van der Waals surface area contributed by atoms with Crippen molar-refractivity contribution in [1.82, 2.24) is 0 Å². The van der Waals surface area contributed by atoms with Crippen molar-refractivity contribution < 1.29 is 9.53 Å². The molecule has 1 aliphatic heterocycles. The highest BCUT2D eigenvalue weighted by Gasteiger charge is 2.25. The Labute approximate surface area is 116 Å². The zero-order valence-corrected chi connectivity index (χ0v) is 10.7. The molecule has 0 radical (unpaired) electrons. The number of hydrogen-bond acceptors (Lipinski definition) is 3. The standard InChI is InChI=1S/C17H11NO2/c18-10-9-12-5-1-2-6-13(12)11-16-14-7-3-4-8-15(14)17(19)20-16/h1-8,11H,9H2/b16-11-. The third-order valence-electron chi connectivity index (χ3n) is 3.23. The number of esters is 1. The number of fused-ring (bicyclic) bond motifs is 1. The Hall–Kier alpha value is -2.86. The molecule has 0 amide bonds. The molecule has 1 heterocycles. The molecule has 20 heavy (non-hydrogen) atoms. The Morgan fingerprint density at radius 2 is 1.75 bits per heavy atom. The molecule has 3 nitrogen and oxygen atoms in total. The molecule has 3 rings (SSSR count). The molecule has 2 aromatic rings. The van der Waals surface area contributed by atoms with Crippen LogP contribution in [0.25, 0.3) is 11.8 Å². The smallest absolute Gasteiger partial charge is 0.344 e. The first kappa shape index (κ1) is 12.2. The van der Waals surface area contributed by atoms with Crippen molar-refractivity contribution in [3.8, 4) is 6.07 Å². The van der Waals surface area contributed by atoms with Gasteiger partial charge in [-0.3, -0.25) is 0 Å². The molecule has 0 saturated carbocycles. The van der Waals surface area contributed by atoms with Crippen LogP contribution >= 0.6 is 0 Å². The molecular weight excluding hydrogens is 250 g/mol. The SMILES string of the molecule is N#CCc1ccccc1/C=C1\OC(=O)c2ccccc21. The van der Waals surface area contributed by atoms with Gasteiger partial charge >= 0.3 is 5.97 Å². The van der Waals surface area contributed by atoms with Gasteiger partial charge in [-0.2, -0.15) is 5.26 Å². The molecule has 0 unspecified atom stereocenters. The summed E-state index contributed by atoms with van der Waals surface area (Å²) >= 11 is 0. The quantitative estimate of drug-likeness (QED) is 0.778. The summed E-state index contributed by atoms with van der Waals surface area (Å²) < 4.78 is 5.31. The Morgan fingerprint density at radius 1 is 1.05 bits per heavy atom. The van der Waals surface area contributed by atoms with E-state index < -0.39 is 0 Å². The largest absolute Gasteiger partial charge is 0.422 e. The van der Waals surface area contributed by atoms with Crippen LogP contribution < -0.4 is 0 Å². The third kappa shape index (κ3) is 2.08. The molecule has 2 aromatic carbocycles. The maximum atomic E-state index is 11.8. The van der Waals surface area contributed by atoms with E-state index in [1.807, 2.05) is 48.5 Å². The van der Waals surface area contributed by atoms with Crippen LogP contribution in [0.3, 0.4) is 0 Å². The predicted octanol–water partition coefficient (Wildman–Crippen LogP) is 3.42. The normalized spacial score (nSPS) is 14.8. The first-order valence-corrected chi connectivity index (χ1v) is 6.28. The topological polar surface area (TPSA) is 50.1 Å². The summed E-state index contributed by atoms with van der Waals surface area (Å²) in [6, 6.07) is 17.0. The summed E-state index contributed by atoms with van der Waals surface area (Å²) in [6.07, 6.45) is 2.14. The number of nitrogens with zero attached hydrogens (tertiary/aromatic N) is 1. The number of rotatable bonds is 2. The fourth-order valence-corrected chi connectivity index (χ4v) is 2.26. The summed E-state index contributed by atoms with van der Waals surface area (Å²) in [4.78, 5) is 11.8. The molecule has 0 saturated heterocycles. The van der Waals surface area contributed by atoms with Gasteiger partial charge in [0.15, 0.2) is 0 Å². The maximum absolute atomic E-state index is 11.8. The number of carbonyl (C=O) groups excluding carboxylic acids is 1. The van der Waals surface area contributed by atoms with Crippen LogP contribution in [0.1, 0.15) is 27.0 Å². The van der Waals surface area contributed by atoms with Gasteiger partial charge in [0, 0.05) is 5.56 Å². The molecule has 0 spiro atoms. The fraction of sp³-hybridized carbons (Fsp3) is 0.0588. The van der Waals surface area contributed by atoms with Gasteiger partial charge in [0.05, 0.1) is 18.1 Å². The number of nitriles is 1. The monoisotopic (exact) mass is 261 g/mol. The highest BCUT2D eigenvalue weighted by molar-refractivity contribution is 6.05. The van der Waals surface area contributed by atoms with Gasteiger partial charge in [-0.1, -0.05) is 42.5 Å². The van der Waals surface area contributed by atoms with Crippen molar-refractivity contribution >= 4 is 17.8 Å². The van der Waals surface area contributed by atoms with Crippen LogP contribution in [0.4, 0.5) is 0 Å². The first-order chi connectivity index (χ1) is 9.79. The van der Waals surface area contributed by atoms with Gasteiger partial charge in [-0.25, -0.2) is 4.79 Å². The molecule has 0 aliphatic carbocycles. The van der Waals surface area contributed by atoms with Crippen molar-refractivity contribution in [3.05, 3.63) is 70.8 Å². The number of cyclic esters (lactones) is 1. The van der Waals surface area contributed by atoms with Crippen LogP contribution in [0.15, 0.2) is 48.5 Å². The van der Waals surface area contributed by atoms with E-state index in [1.165, 1.54) is 0 Å². The Balaban J connectivity index is 2.07. The average molecular weight is 261 g/mol. The summed E-state index contributed by atoms with van der Waals surface area (Å²) in [5.74, 6) is 0.209. The van der Waals surface area contributed by atoms with Gasteiger partial charge in [-0.05, 0) is 23.3 Å². The van der Waals surface area contributed by atoms with Gasteiger partial charge in [0.25, 0.3) is 0 Å². The van der Waals surface area contributed by atoms with E-state index in [4.69, 9.17) is 10.00 Å². The van der Waals surface area contributed by atoms with Crippen molar-refractivity contribution in [1.29, 1.82) is 5.26 Å². The molecule has 0 fully saturated rings. The van der Waals surface area contributed by atoms with Crippen molar-refractivity contribution in [2.45, 2.75) is 6.42 Å². The first-order valence-electron chi connectivity index (χ1n) is 6.28. The molecule has 3 heteroatoms. The zero-order chi connectivity index (χ0) is 13.9. The van der Waals surface area contributed by atoms with Crippen LogP contribution in [-0.2, 0) is 11.2 Å². The summed E-state index contributed by atoms with van der Waals surface area (Å²) in [6.45, 7) is 0. The van der Waals surface area contributed by atoms with E-state index in [0.717, 1.165) is 16.7 Å². The lowest BCUT2D eigenvalue weighted by molar-refractivity contribution is 0.0717. The molecule has 0 N–H and O–H groups in total. The van der Waals surface area contributed by atoms with E-state index in [2.05, 4.69) is 6.07 Å². The molecule has 0 aromatic heterocycles. The van der Waals surface area contributed by atoms with Crippen molar-refractivity contribution in [2.24, 2.45) is 0 Å². The molecular formula is C17H11NO2. The Bertz CT molecular complexity index is 754. The van der Waals surface area contributed by atoms with E-state index >= 15 is 0 Å². The molecule has 1 aliphatic rings. The summed E-state index contributed by atoms with van der Waals surface area (Å²) in [7, 11) is 0. The lowest BCUT2D eigenvalue weighted by Crippen LogP contribution is -1.92. The minimum atomic E-state index is -0.329. The summed E-state index contributed by atoms with van der Waals surface area (Å²) in [5, 5.41) is 8.85. The predicted molar refractivity (Wildman–Crippen MR) is 75.5 cm³/mol. The maximum Gasteiger partial charge on any atom is 0.344 e. The van der Waals surface area contributed by atoms with Crippen molar-refractivity contribution in [3.63, 3.8) is 0 Å². The highest BCUT2D eigenvalue weighted by atomic mass is 16.5. The fourth-order valence-electron chi connectivity index (χ4n) is 2.26. The minimum Gasteiger partial charge on any atom is -0.422 e. The average Bonchev–Trinajstić information content (AvgIpc) is 2.79. The second kappa shape index (κ2) is 5.02.